The Labute approximate surface area is 95.5 Å². The van der Waals surface area contributed by atoms with Crippen molar-refractivity contribution in [1.29, 1.82) is 0 Å². The summed E-state index contributed by atoms with van der Waals surface area (Å²) in [6.07, 6.45) is 1.74. The van der Waals surface area contributed by atoms with E-state index in [0.29, 0.717) is 6.54 Å². The monoisotopic (exact) mass is 210 g/mol. The number of rotatable bonds is 3. The van der Waals surface area contributed by atoms with E-state index >= 15 is 0 Å². The summed E-state index contributed by atoms with van der Waals surface area (Å²) in [6.45, 7) is 4.25. The number of hydrogen-bond donors (Lipinski definition) is 1. The normalized spacial score (nSPS) is 10.1. The minimum atomic E-state index is 0.524. The summed E-state index contributed by atoms with van der Waals surface area (Å²) in [4.78, 5) is 4.50. The molecule has 0 radical (unpaired) electrons. The molecule has 0 aliphatic carbocycles. The molecule has 0 aliphatic heterocycles. The second-order valence-electron chi connectivity index (χ2n) is 3.51. The zero-order valence-corrected chi connectivity index (χ0v) is 9.06. The van der Waals surface area contributed by atoms with Crippen LogP contribution < -0.4 is 5.73 Å². The van der Waals surface area contributed by atoms with E-state index in [2.05, 4.69) is 11.6 Å². The van der Waals surface area contributed by atoms with Crippen molar-refractivity contribution < 1.29 is 0 Å². The van der Waals surface area contributed by atoms with Crippen LogP contribution in [0.15, 0.2) is 49.0 Å². The minimum absolute atomic E-state index is 0.524. The first-order valence-electron chi connectivity index (χ1n) is 5.23. The van der Waals surface area contributed by atoms with Crippen LogP contribution >= 0.6 is 0 Å². The lowest BCUT2D eigenvalue weighted by Crippen LogP contribution is -1.99. The molecular weight excluding hydrogens is 196 g/mol. The molecule has 1 aromatic heterocycles. The van der Waals surface area contributed by atoms with E-state index in [0.717, 1.165) is 22.5 Å². The van der Waals surface area contributed by atoms with Gasteiger partial charge in [-0.1, -0.05) is 36.9 Å². The third-order valence-corrected chi connectivity index (χ3v) is 2.49. The highest BCUT2D eigenvalue weighted by Crippen LogP contribution is 2.21. The zero-order chi connectivity index (χ0) is 11.4. The highest BCUT2D eigenvalue weighted by molar-refractivity contribution is 5.64. The third-order valence-electron chi connectivity index (χ3n) is 2.49. The highest BCUT2D eigenvalue weighted by Gasteiger charge is 2.04. The Kier molecular flexibility index (Phi) is 3.13. The van der Waals surface area contributed by atoms with Gasteiger partial charge in [0.25, 0.3) is 0 Å². The molecule has 80 valence electrons. The smallest absolute Gasteiger partial charge is 0.0712 e. The molecule has 0 aliphatic rings. The number of pyridine rings is 1. The fourth-order valence-corrected chi connectivity index (χ4v) is 1.66. The van der Waals surface area contributed by atoms with Crippen LogP contribution in [-0.2, 0) is 6.54 Å². The molecule has 2 nitrogen and oxygen atoms in total. The molecule has 2 aromatic rings. The molecule has 2 rings (SSSR count). The maximum Gasteiger partial charge on any atom is 0.0712 e. The van der Waals surface area contributed by atoms with Crippen molar-refractivity contribution in [1.82, 2.24) is 4.98 Å². The SMILES string of the molecule is C=Cc1cccc(-c2ccccc2CN)n1. The second kappa shape index (κ2) is 4.73. The lowest BCUT2D eigenvalue weighted by molar-refractivity contribution is 1.07. The Balaban J connectivity index is 2.53. The van der Waals surface area contributed by atoms with Gasteiger partial charge in [-0.15, -0.1) is 0 Å². The fraction of sp³-hybridized carbons (Fsp3) is 0.0714. The molecule has 0 unspecified atom stereocenters. The van der Waals surface area contributed by atoms with Crippen LogP contribution in [0.2, 0.25) is 0 Å². The fourth-order valence-electron chi connectivity index (χ4n) is 1.66. The van der Waals surface area contributed by atoms with Crippen LogP contribution in [0.1, 0.15) is 11.3 Å². The van der Waals surface area contributed by atoms with Gasteiger partial charge in [-0.25, -0.2) is 4.98 Å². The number of benzene rings is 1. The number of nitrogens with zero attached hydrogens (tertiary/aromatic N) is 1. The number of nitrogens with two attached hydrogens (primary N) is 1. The molecule has 0 saturated carbocycles. The molecule has 0 saturated heterocycles. The quantitative estimate of drug-likeness (QED) is 0.846. The van der Waals surface area contributed by atoms with Gasteiger partial charge in [0.2, 0.25) is 0 Å². The predicted molar refractivity (Wildman–Crippen MR) is 67.7 cm³/mol. The van der Waals surface area contributed by atoms with Gasteiger partial charge >= 0.3 is 0 Å². The molecule has 2 N–H and O–H groups in total. The van der Waals surface area contributed by atoms with Crippen LogP contribution in [0.25, 0.3) is 17.3 Å². The molecule has 16 heavy (non-hydrogen) atoms. The van der Waals surface area contributed by atoms with Gasteiger partial charge in [0, 0.05) is 12.1 Å². The number of hydrogen-bond acceptors (Lipinski definition) is 2. The Morgan fingerprint density at radius 1 is 1.12 bits per heavy atom. The van der Waals surface area contributed by atoms with E-state index in [9.17, 15) is 0 Å². The van der Waals surface area contributed by atoms with Gasteiger partial charge in [0.1, 0.15) is 0 Å². The molecule has 1 aromatic carbocycles. The second-order valence-corrected chi connectivity index (χ2v) is 3.51. The lowest BCUT2D eigenvalue weighted by Gasteiger charge is -2.07. The third kappa shape index (κ3) is 2.02. The lowest BCUT2D eigenvalue weighted by atomic mass is 10.0. The largest absolute Gasteiger partial charge is 0.326 e. The minimum Gasteiger partial charge on any atom is -0.326 e. The molecule has 2 heteroatoms. The molecule has 1 heterocycles. The Hall–Kier alpha value is -1.93. The van der Waals surface area contributed by atoms with E-state index in [1.807, 2.05) is 42.5 Å². The zero-order valence-electron chi connectivity index (χ0n) is 9.06. The topological polar surface area (TPSA) is 38.9 Å². The van der Waals surface area contributed by atoms with Crippen LogP contribution in [0.4, 0.5) is 0 Å². The Bertz CT molecular complexity index is 504. The molecule has 0 atom stereocenters. The highest BCUT2D eigenvalue weighted by atomic mass is 14.7. The summed E-state index contributed by atoms with van der Waals surface area (Å²) in [5, 5.41) is 0. The van der Waals surface area contributed by atoms with E-state index in [1.54, 1.807) is 6.08 Å². The van der Waals surface area contributed by atoms with Crippen LogP contribution in [0.5, 0.6) is 0 Å². The first-order valence-corrected chi connectivity index (χ1v) is 5.23. The first kappa shape index (κ1) is 10.6. The standard InChI is InChI=1S/C14H14N2/c1-2-12-7-5-9-14(16-12)13-8-4-3-6-11(13)10-15/h2-9H,1,10,15H2. The summed E-state index contributed by atoms with van der Waals surface area (Å²) >= 11 is 0. The molecule has 0 spiro atoms. The van der Waals surface area contributed by atoms with Crippen LogP contribution in [0.3, 0.4) is 0 Å². The van der Waals surface area contributed by atoms with Crippen molar-refractivity contribution in [3.05, 3.63) is 60.3 Å². The maximum atomic E-state index is 5.71. The summed E-state index contributed by atoms with van der Waals surface area (Å²) < 4.78 is 0. The van der Waals surface area contributed by atoms with Crippen molar-refractivity contribution >= 4 is 6.08 Å². The van der Waals surface area contributed by atoms with Crippen molar-refractivity contribution in [3.8, 4) is 11.3 Å². The van der Waals surface area contributed by atoms with Crippen molar-refractivity contribution in [3.63, 3.8) is 0 Å². The molecule has 0 amide bonds. The van der Waals surface area contributed by atoms with Crippen molar-refractivity contribution in [2.45, 2.75) is 6.54 Å². The maximum absolute atomic E-state index is 5.71. The summed E-state index contributed by atoms with van der Waals surface area (Å²) in [7, 11) is 0. The van der Waals surface area contributed by atoms with Crippen molar-refractivity contribution in [2.24, 2.45) is 5.73 Å². The van der Waals surface area contributed by atoms with E-state index in [1.165, 1.54) is 0 Å². The summed E-state index contributed by atoms with van der Waals surface area (Å²) in [6, 6.07) is 13.9. The van der Waals surface area contributed by atoms with E-state index in [-0.39, 0.29) is 0 Å². The first-order chi connectivity index (χ1) is 7.85. The summed E-state index contributed by atoms with van der Waals surface area (Å²) in [5.74, 6) is 0. The average molecular weight is 210 g/mol. The Morgan fingerprint density at radius 2 is 1.94 bits per heavy atom. The average Bonchev–Trinajstić information content (AvgIpc) is 2.38. The molecule has 0 bridgehead atoms. The number of aromatic nitrogens is 1. The predicted octanol–water partition coefficient (Wildman–Crippen LogP) is 2.85. The van der Waals surface area contributed by atoms with Crippen LogP contribution in [0, 0.1) is 0 Å². The summed E-state index contributed by atoms with van der Waals surface area (Å²) in [5.41, 5.74) is 9.73. The van der Waals surface area contributed by atoms with Gasteiger partial charge in [-0.05, 0) is 23.8 Å². The van der Waals surface area contributed by atoms with Gasteiger partial charge in [-0.2, -0.15) is 0 Å². The Morgan fingerprint density at radius 3 is 2.69 bits per heavy atom. The van der Waals surface area contributed by atoms with Crippen molar-refractivity contribution in [2.75, 3.05) is 0 Å². The molecule has 0 fully saturated rings. The van der Waals surface area contributed by atoms with Gasteiger partial charge < -0.3 is 5.73 Å². The van der Waals surface area contributed by atoms with Gasteiger partial charge in [0.15, 0.2) is 0 Å². The van der Waals surface area contributed by atoms with E-state index < -0.39 is 0 Å². The van der Waals surface area contributed by atoms with Gasteiger partial charge in [-0.3, -0.25) is 0 Å². The molecular formula is C14H14N2. The van der Waals surface area contributed by atoms with Gasteiger partial charge in [0.05, 0.1) is 11.4 Å². The van der Waals surface area contributed by atoms with E-state index in [4.69, 9.17) is 5.73 Å². The van der Waals surface area contributed by atoms with Crippen LogP contribution in [-0.4, -0.2) is 4.98 Å².